The summed E-state index contributed by atoms with van der Waals surface area (Å²) >= 11 is 0. The Kier molecular flexibility index (Phi) is 30.6. The number of esters is 2. The molecule has 0 aromatic rings. The van der Waals surface area contributed by atoms with Crippen molar-refractivity contribution in [2.45, 2.75) is 174 Å². The first-order valence-corrected chi connectivity index (χ1v) is 18.1. The average Bonchev–Trinajstić information content (AvgIpc) is 3.03. The third-order valence-corrected chi connectivity index (χ3v) is 8.18. The molecule has 0 bridgehead atoms. The predicted octanol–water partition coefficient (Wildman–Crippen LogP) is 8.69. The standard InChI is InChI=1S/C38H68O7/c1-4-6-7-8-9-10-11-12-13-17-20-23-27-35(40)36(41)28-25-30-37(42)44-32-34(31-39)45-38(43)29-24-21-18-15-14-16-19-22-26-33(3)5-2/h9-10,12-13,20,23,33-36,39-41H,4-8,11,14-19,21-22,24-32H2,1-3H3/b10-9-,13-12-,23-20-/t33?,34-,35?,36?/m0/s1. The molecule has 0 radical (unpaired) electrons. The van der Waals surface area contributed by atoms with Gasteiger partial charge in [0.1, 0.15) is 6.61 Å². The molecule has 0 aromatic heterocycles. The van der Waals surface area contributed by atoms with Crippen molar-refractivity contribution in [3.63, 3.8) is 0 Å². The van der Waals surface area contributed by atoms with E-state index in [9.17, 15) is 24.9 Å². The number of aliphatic hydroxyl groups excluding tert-OH is 3. The maximum atomic E-state index is 12.1. The average molecular weight is 637 g/mol. The molecule has 262 valence electrons. The van der Waals surface area contributed by atoms with Crippen molar-refractivity contribution in [3.8, 4) is 0 Å². The Morgan fingerprint density at radius 3 is 1.91 bits per heavy atom. The first kappa shape index (κ1) is 43.0. The molecule has 0 aliphatic carbocycles. The summed E-state index contributed by atoms with van der Waals surface area (Å²) in [6.45, 7) is 6.16. The van der Waals surface area contributed by atoms with Crippen LogP contribution >= 0.6 is 0 Å². The van der Waals surface area contributed by atoms with Crippen LogP contribution in [0.15, 0.2) is 36.5 Å². The summed E-state index contributed by atoms with van der Waals surface area (Å²) in [7, 11) is 0. The smallest absolute Gasteiger partial charge is 0.306 e. The summed E-state index contributed by atoms with van der Waals surface area (Å²) < 4.78 is 10.4. The summed E-state index contributed by atoms with van der Waals surface area (Å²) in [6.07, 6.45) is 29.5. The lowest BCUT2D eigenvalue weighted by Crippen LogP contribution is -2.28. The maximum absolute atomic E-state index is 12.1. The molecule has 0 fully saturated rings. The second kappa shape index (κ2) is 32.0. The van der Waals surface area contributed by atoms with E-state index in [2.05, 4.69) is 45.1 Å². The fourth-order valence-corrected chi connectivity index (χ4v) is 4.87. The number of hydrogen-bond acceptors (Lipinski definition) is 7. The van der Waals surface area contributed by atoms with Crippen LogP contribution in [0.2, 0.25) is 0 Å². The van der Waals surface area contributed by atoms with E-state index in [1.165, 1.54) is 64.2 Å². The number of unbranched alkanes of at least 4 members (excludes halogenated alkanes) is 10. The van der Waals surface area contributed by atoms with Gasteiger partial charge in [0.2, 0.25) is 0 Å². The molecule has 0 saturated carbocycles. The third-order valence-electron chi connectivity index (χ3n) is 8.18. The van der Waals surface area contributed by atoms with E-state index >= 15 is 0 Å². The van der Waals surface area contributed by atoms with Gasteiger partial charge in [0, 0.05) is 12.8 Å². The van der Waals surface area contributed by atoms with Gasteiger partial charge in [-0.05, 0) is 57.3 Å². The van der Waals surface area contributed by atoms with Crippen molar-refractivity contribution in [1.29, 1.82) is 0 Å². The lowest BCUT2D eigenvalue weighted by Gasteiger charge is -2.17. The van der Waals surface area contributed by atoms with Gasteiger partial charge >= 0.3 is 11.9 Å². The van der Waals surface area contributed by atoms with E-state index in [0.29, 0.717) is 19.3 Å². The zero-order valence-electron chi connectivity index (χ0n) is 29.0. The van der Waals surface area contributed by atoms with Gasteiger partial charge in [-0.2, -0.15) is 0 Å². The topological polar surface area (TPSA) is 113 Å². The Morgan fingerprint density at radius 2 is 1.27 bits per heavy atom. The zero-order valence-corrected chi connectivity index (χ0v) is 29.0. The molecule has 0 aliphatic heterocycles. The van der Waals surface area contributed by atoms with Crippen molar-refractivity contribution in [3.05, 3.63) is 36.5 Å². The Hall–Kier alpha value is -1.96. The van der Waals surface area contributed by atoms with Crippen LogP contribution in [0, 0.1) is 5.92 Å². The Balaban J connectivity index is 3.87. The third kappa shape index (κ3) is 29.2. The minimum absolute atomic E-state index is 0.0709. The normalized spacial score (nSPS) is 14.7. The molecular formula is C38H68O7. The first-order chi connectivity index (χ1) is 21.8. The second-order valence-corrected chi connectivity index (χ2v) is 12.5. The van der Waals surface area contributed by atoms with Gasteiger partial charge in [0.25, 0.3) is 0 Å². The number of ether oxygens (including phenoxy) is 2. The molecule has 7 heteroatoms. The first-order valence-electron chi connectivity index (χ1n) is 18.1. The Morgan fingerprint density at radius 1 is 0.667 bits per heavy atom. The van der Waals surface area contributed by atoms with Crippen LogP contribution in [0.3, 0.4) is 0 Å². The molecule has 4 atom stereocenters. The zero-order chi connectivity index (χ0) is 33.4. The van der Waals surface area contributed by atoms with Crippen LogP contribution < -0.4 is 0 Å². The van der Waals surface area contributed by atoms with Gasteiger partial charge in [-0.15, -0.1) is 0 Å². The van der Waals surface area contributed by atoms with Gasteiger partial charge in [-0.1, -0.05) is 128 Å². The highest BCUT2D eigenvalue weighted by molar-refractivity contribution is 5.70. The summed E-state index contributed by atoms with van der Waals surface area (Å²) in [4.78, 5) is 24.2. The number of carbonyl (C=O) groups is 2. The summed E-state index contributed by atoms with van der Waals surface area (Å²) in [5.41, 5.74) is 0. The molecule has 45 heavy (non-hydrogen) atoms. The number of carbonyl (C=O) groups excluding carboxylic acids is 2. The molecule has 7 nitrogen and oxygen atoms in total. The number of hydrogen-bond donors (Lipinski definition) is 3. The van der Waals surface area contributed by atoms with E-state index in [0.717, 1.165) is 44.4 Å². The lowest BCUT2D eigenvalue weighted by atomic mass is 9.99. The van der Waals surface area contributed by atoms with E-state index in [-0.39, 0.29) is 25.4 Å². The van der Waals surface area contributed by atoms with Crippen LogP contribution in [0.5, 0.6) is 0 Å². The quantitative estimate of drug-likeness (QED) is 0.0396. The van der Waals surface area contributed by atoms with Crippen LogP contribution in [0.1, 0.15) is 156 Å². The van der Waals surface area contributed by atoms with Gasteiger partial charge in [0.15, 0.2) is 6.10 Å². The number of allylic oxidation sites excluding steroid dienone is 5. The molecule has 0 rings (SSSR count). The molecular weight excluding hydrogens is 568 g/mol. The largest absolute Gasteiger partial charge is 0.462 e. The molecule has 0 amide bonds. The Labute approximate surface area is 275 Å². The highest BCUT2D eigenvalue weighted by atomic mass is 16.6. The van der Waals surface area contributed by atoms with Crippen LogP contribution in [0.25, 0.3) is 0 Å². The molecule has 0 aromatic carbocycles. The Bertz CT molecular complexity index is 776. The summed E-state index contributed by atoms with van der Waals surface area (Å²) in [6, 6.07) is 0. The molecule has 0 spiro atoms. The summed E-state index contributed by atoms with van der Waals surface area (Å²) in [5, 5.41) is 29.9. The van der Waals surface area contributed by atoms with Gasteiger partial charge in [0.05, 0.1) is 18.8 Å². The van der Waals surface area contributed by atoms with Crippen molar-refractivity contribution in [2.24, 2.45) is 5.92 Å². The van der Waals surface area contributed by atoms with Crippen LogP contribution in [-0.2, 0) is 19.1 Å². The predicted molar refractivity (Wildman–Crippen MR) is 185 cm³/mol. The molecule has 0 aliphatic rings. The van der Waals surface area contributed by atoms with Crippen molar-refractivity contribution < 1.29 is 34.4 Å². The highest BCUT2D eigenvalue weighted by Gasteiger charge is 2.18. The minimum Gasteiger partial charge on any atom is -0.462 e. The van der Waals surface area contributed by atoms with Gasteiger partial charge in [-0.25, -0.2) is 0 Å². The molecule has 0 heterocycles. The van der Waals surface area contributed by atoms with Crippen molar-refractivity contribution in [2.75, 3.05) is 13.2 Å². The van der Waals surface area contributed by atoms with E-state index < -0.39 is 30.9 Å². The molecule has 0 saturated heterocycles. The van der Waals surface area contributed by atoms with E-state index in [1.807, 2.05) is 12.2 Å². The van der Waals surface area contributed by atoms with Gasteiger partial charge in [-0.3, -0.25) is 9.59 Å². The number of rotatable bonds is 31. The van der Waals surface area contributed by atoms with Crippen LogP contribution in [0.4, 0.5) is 0 Å². The van der Waals surface area contributed by atoms with Gasteiger partial charge < -0.3 is 24.8 Å². The fraction of sp³-hybridized carbons (Fsp3) is 0.789. The highest BCUT2D eigenvalue weighted by Crippen LogP contribution is 2.15. The summed E-state index contributed by atoms with van der Waals surface area (Å²) in [5.74, 6) is -0.0432. The van der Waals surface area contributed by atoms with E-state index in [4.69, 9.17) is 9.47 Å². The lowest BCUT2D eigenvalue weighted by molar-refractivity contribution is -0.161. The minimum atomic E-state index is -0.929. The van der Waals surface area contributed by atoms with Crippen LogP contribution in [-0.4, -0.2) is 58.8 Å². The van der Waals surface area contributed by atoms with E-state index in [1.54, 1.807) is 0 Å². The van der Waals surface area contributed by atoms with Crippen molar-refractivity contribution in [1.82, 2.24) is 0 Å². The fourth-order valence-electron chi connectivity index (χ4n) is 4.87. The monoisotopic (exact) mass is 636 g/mol. The molecule has 3 unspecified atom stereocenters. The number of aliphatic hydroxyl groups is 3. The second-order valence-electron chi connectivity index (χ2n) is 12.5. The van der Waals surface area contributed by atoms with Crippen molar-refractivity contribution >= 4 is 11.9 Å². The maximum Gasteiger partial charge on any atom is 0.306 e. The molecule has 3 N–H and O–H groups in total. The SMILES string of the molecule is CCCCC/C=C\C/C=C\C/C=C\CC(O)C(O)CCCC(=O)OC[C@H](CO)OC(=O)CCCCCCCCCCC(C)CC.